The Kier molecular flexibility index (Phi) is 16.8. The first-order valence-corrected chi connectivity index (χ1v) is 17.0. The summed E-state index contributed by atoms with van der Waals surface area (Å²) in [5, 5.41) is 37.1. The number of aliphatic carboxylic acids is 1. The van der Waals surface area contributed by atoms with Gasteiger partial charge in [-0.3, -0.25) is 33.6 Å². The smallest absolute Gasteiger partial charge is 0.326 e. The quantitative estimate of drug-likeness (QED) is 0.0654. The second kappa shape index (κ2) is 20.5. The molecular weight excluding hydrogens is 694 g/mol. The average molecular weight is 746 g/mol. The number of benzene rings is 1. The number of nitrogens with one attached hydrogen (secondary N) is 8. The number of carboxylic acids is 1. The van der Waals surface area contributed by atoms with Crippen LogP contribution in [0.3, 0.4) is 0 Å². The molecule has 0 spiro atoms. The number of carbonyl (C=O) groups excluding carboxylic acids is 7. The van der Waals surface area contributed by atoms with E-state index in [1.165, 1.54) is 13.8 Å². The summed E-state index contributed by atoms with van der Waals surface area (Å²) in [7, 11) is 0. The van der Waals surface area contributed by atoms with Crippen LogP contribution < -0.4 is 43.0 Å². The number of nitrogens with two attached hydrogens (primary N) is 1. The van der Waals surface area contributed by atoms with Crippen LogP contribution in [-0.4, -0.2) is 118 Å². The Balaban J connectivity index is 2.11. The van der Waals surface area contributed by atoms with Gasteiger partial charge >= 0.3 is 5.97 Å². The molecule has 0 unspecified atom stereocenters. The summed E-state index contributed by atoms with van der Waals surface area (Å²) in [5.41, 5.74) is 7.11. The number of carboxylic acid groups (broad SMARTS) is 1. The van der Waals surface area contributed by atoms with Crippen LogP contribution in [-0.2, 0) is 44.8 Å². The van der Waals surface area contributed by atoms with Crippen LogP contribution in [0.25, 0.3) is 10.9 Å². The largest absolute Gasteiger partial charge is 0.480 e. The molecule has 0 fully saturated rings. The summed E-state index contributed by atoms with van der Waals surface area (Å²) >= 11 is 0. The van der Waals surface area contributed by atoms with Gasteiger partial charge in [0.2, 0.25) is 41.4 Å². The second-order valence-electron chi connectivity index (χ2n) is 13.3. The summed E-state index contributed by atoms with van der Waals surface area (Å²) in [6.07, 6.45) is 0.0815. The van der Waals surface area contributed by atoms with Gasteiger partial charge in [0.1, 0.15) is 24.2 Å². The SMILES string of the molecule is CC(C)[C@H](N)C(=O)NCC(=O)NCC(=O)N[C@@H](C)C(=O)N[C@@H](Cc1c[nH]c2ccccc12)C(=O)N[C@H](C(=O)NCC(=O)N[C@H](C(=O)O)C(C)C)[C@@H](C)O. The van der Waals surface area contributed by atoms with Gasteiger partial charge in [0.25, 0.3) is 0 Å². The van der Waals surface area contributed by atoms with Crippen LogP contribution in [0, 0.1) is 11.8 Å². The molecule has 2 rings (SSSR count). The third-order valence-corrected chi connectivity index (χ3v) is 8.13. The maximum atomic E-state index is 13.7. The predicted octanol–water partition coefficient (Wildman–Crippen LogP) is -2.88. The van der Waals surface area contributed by atoms with Gasteiger partial charge in [0.05, 0.1) is 31.8 Å². The van der Waals surface area contributed by atoms with Crippen LogP contribution in [0.5, 0.6) is 0 Å². The molecule has 0 aliphatic rings. The topological polar surface area (TPSA) is 303 Å². The minimum Gasteiger partial charge on any atom is -0.480 e. The Morgan fingerprint density at radius 3 is 1.87 bits per heavy atom. The first kappa shape index (κ1) is 43.6. The number of aromatic amines is 1. The van der Waals surface area contributed by atoms with Crippen molar-refractivity contribution < 1.29 is 48.6 Å². The lowest BCUT2D eigenvalue weighted by Crippen LogP contribution is -2.60. The van der Waals surface area contributed by atoms with Crippen molar-refractivity contribution in [3.63, 3.8) is 0 Å². The summed E-state index contributed by atoms with van der Waals surface area (Å²) in [6.45, 7) is 7.64. The normalized spacial score (nSPS) is 14.5. The minimum absolute atomic E-state index is 0.0904. The van der Waals surface area contributed by atoms with Gasteiger partial charge < -0.3 is 58.1 Å². The highest BCUT2D eigenvalue weighted by atomic mass is 16.4. The lowest BCUT2D eigenvalue weighted by atomic mass is 10.0. The van der Waals surface area contributed by atoms with E-state index in [1.807, 2.05) is 0 Å². The molecule has 19 heteroatoms. The number of aliphatic hydroxyl groups excluding tert-OH is 1. The monoisotopic (exact) mass is 745 g/mol. The molecule has 6 atom stereocenters. The second-order valence-corrected chi connectivity index (χ2v) is 13.3. The van der Waals surface area contributed by atoms with E-state index in [9.17, 15) is 48.6 Å². The molecule has 19 nitrogen and oxygen atoms in total. The van der Waals surface area contributed by atoms with Gasteiger partial charge in [0, 0.05) is 23.5 Å². The van der Waals surface area contributed by atoms with E-state index < -0.39 is 109 Å². The van der Waals surface area contributed by atoms with E-state index in [2.05, 4.69) is 42.2 Å². The highest BCUT2D eigenvalue weighted by Gasteiger charge is 2.32. The highest BCUT2D eigenvalue weighted by Crippen LogP contribution is 2.19. The molecule has 7 amide bonds. The predicted molar refractivity (Wildman–Crippen MR) is 191 cm³/mol. The number of fused-ring (bicyclic) bond motifs is 1. The molecule has 0 aliphatic heterocycles. The molecular formula is C34H51N9O10. The Morgan fingerprint density at radius 2 is 1.26 bits per heavy atom. The van der Waals surface area contributed by atoms with Gasteiger partial charge in [-0.1, -0.05) is 45.9 Å². The Labute approximate surface area is 306 Å². The summed E-state index contributed by atoms with van der Waals surface area (Å²) in [4.78, 5) is 103. The molecule has 1 aromatic heterocycles. The molecule has 1 aromatic carbocycles. The van der Waals surface area contributed by atoms with Gasteiger partial charge in [0.15, 0.2) is 0 Å². The molecule has 2 aromatic rings. The number of amides is 7. The maximum Gasteiger partial charge on any atom is 0.326 e. The highest BCUT2D eigenvalue weighted by molar-refractivity contribution is 5.96. The van der Waals surface area contributed by atoms with Crippen molar-refractivity contribution in [2.45, 2.75) is 84.3 Å². The Morgan fingerprint density at radius 1 is 0.679 bits per heavy atom. The summed E-state index contributed by atoms with van der Waals surface area (Å²) < 4.78 is 0. The average Bonchev–Trinajstić information content (AvgIpc) is 3.50. The van der Waals surface area contributed by atoms with E-state index in [0.717, 1.165) is 10.9 Å². The fraction of sp³-hybridized carbons (Fsp3) is 0.529. The number of hydrogen-bond donors (Lipinski definition) is 11. The number of H-pyrrole nitrogens is 1. The first-order chi connectivity index (χ1) is 24.8. The summed E-state index contributed by atoms with van der Waals surface area (Å²) in [6, 6.07) is 1.01. The lowest BCUT2D eigenvalue weighted by molar-refractivity contribution is -0.143. The Hall–Kier alpha value is -5.56. The molecule has 0 saturated carbocycles. The van der Waals surface area contributed by atoms with Crippen LogP contribution >= 0.6 is 0 Å². The number of para-hydroxylation sites is 1. The minimum atomic E-state index is -1.59. The number of aliphatic hydroxyl groups is 1. The Bertz CT molecular complexity index is 1640. The number of carbonyl (C=O) groups is 8. The molecule has 12 N–H and O–H groups in total. The van der Waals surface area contributed by atoms with Gasteiger partial charge in [-0.2, -0.15) is 0 Å². The molecule has 1 heterocycles. The van der Waals surface area contributed by atoms with Crippen molar-refractivity contribution >= 4 is 58.2 Å². The lowest BCUT2D eigenvalue weighted by Gasteiger charge is -2.26. The third kappa shape index (κ3) is 13.8. The number of rotatable bonds is 20. The molecule has 0 bridgehead atoms. The van der Waals surface area contributed by atoms with Crippen molar-refractivity contribution in [3.05, 3.63) is 36.0 Å². The summed E-state index contributed by atoms with van der Waals surface area (Å²) in [5.74, 6) is -7.26. The van der Waals surface area contributed by atoms with Gasteiger partial charge in [-0.05, 0) is 37.3 Å². The standard InChI is InChI=1S/C34H51N9O10/c1-16(2)27(35)32(50)38-13-24(45)37-14-25(46)40-18(5)30(48)41-23(11-20-12-36-22-10-8-7-9-21(20)22)31(49)43-29(19(6)44)33(51)39-15-26(47)42-28(17(3)4)34(52)53/h7-10,12,16-19,23,27-29,36,44H,11,13-15,35H2,1-6H3,(H,37,45)(H,38,50)(H,39,51)(H,40,46)(H,41,48)(H,42,47)(H,43,49)(H,52,53)/t18-,19+,23-,27-,28-,29-/m0/s1. The number of hydrogen-bond acceptors (Lipinski definition) is 10. The van der Waals surface area contributed by atoms with Crippen molar-refractivity contribution in [2.24, 2.45) is 17.6 Å². The van der Waals surface area contributed by atoms with Crippen LogP contribution in [0.4, 0.5) is 0 Å². The zero-order valence-corrected chi connectivity index (χ0v) is 30.6. The van der Waals surface area contributed by atoms with E-state index in [0.29, 0.717) is 5.56 Å². The molecule has 53 heavy (non-hydrogen) atoms. The van der Waals surface area contributed by atoms with Crippen molar-refractivity contribution in [1.82, 2.24) is 42.2 Å². The van der Waals surface area contributed by atoms with Gasteiger partial charge in [-0.25, -0.2) is 4.79 Å². The zero-order chi connectivity index (χ0) is 40.0. The van der Waals surface area contributed by atoms with Crippen molar-refractivity contribution in [1.29, 1.82) is 0 Å². The van der Waals surface area contributed by atoms with E-state index in [1.54, 1.807) is 58.2 Å². The van der Waals surface area contributed by atoms with E-state index in [-0.39, 0.29) is 12.3 Å². The molecule has 0 saturated heterocycles. The molecule has 292 valence electrons. The molecule has 0 radical (unpaired) electrons. The van der Waals surface area contributed by atoms with Gasteiger partial charge in [-0.15, -0.1) is 0 Å². The molecule has 0 aliphatic carbocycles. The fourth-order valence-corrected chi connectivity index (χ4v) is 4.89. The van der Waals surface area contributed by atoms with Crippen LogP contribution in [0.15, 0.2) is 30.5 Å². The van der Waals surface area contributed by atoms with Crippen LogP contribution in [0.1, 0.15) is 47.1 Å². The first-order valence-electron chi connectivity index (χ1n) is 17.0. The third-order valence-electron chi connectivity index (χ3n) is 8.13. The van der Waals surface area contributed by atoms with E-state index in [4.69, 9.17) is 5.73 Å². The van der Waals surface area contributed by atoms with Crippen molar-refractivity contribution in [3.8, 4) is 0 Å². The van der Waals surface area contributed by atoms with Crippen molar-refractivity contribution in [2.75, 3.05) is 19.6 Å². The zero-order valence-electron chi connectivity index (χ0n) is 30.6. The van der Waals surface area contributed by atoms with E-state index >= 15 is 0 Å². The maximum absolute atomic E-state index is 13.7. The van der Waals surface area contributed by atoms with Crippen LogP contribution in [0.2, 0.25) is 0 Å². The fourth-order valence-electron chi connectivity index (χ4n) is 4.89. The number of aromatic nitrogens is 1.